The maximum absolute atomic E-state index is 13.9. The molecule has 0 spiro atoms. The highest BCUT2D eigenvalue weighted by Gasteiger charge is 2.88. The summed E-state index contributed by atoms with van der Waals surface area (Å²) in [6.07, 6.45) is -49.2. The topological polar surface area (TPSA) is 27.7 Å². The van der Waals surface area contributed by atoms with Crippen molar-refractivity contribution in [3.63, 3.8) is 0 Å². The van der Waals surface area contributed by atoms with Gasteiger partial charge >= 0.3 is 65.2 Å². The molecular formula is C11Cl2F22O3. The van der Waals surface area contributed by atoms with Gasteiger partial charge in [0.15, 0.2) is 0 Å². The highest BCUT2D eigenvalue weighted by Crippen LogP contribution is 2.59. The van der Waals surface area contributed by atoms with E-state index < -0.39 is 65.2 Å². The van der Waals surface area contributed by atoms with Gasteiger partial charge in [0.2, 0.25) is 0 Å². The highest BCUT2D eigenvalue weighted by atomic mass is 35.5. The van der Waals surface area contributed by atoms with Crippen LogP contribution in [0, 0.1) is 0 Å². The zero-order valence-electron chi connectivity index (χ0n) is 15.8. The summed E-state index contributed by atoms with van der Waals surface area (Å²) in [6, 6.07) is 0. The zero-order valence-corrected chi connectivity index (χ0v) is 17.3. The third-order valence-electron chi connectivity index (χ3n) is 3.32. The molecule has 3 atom stereocenters. The molecular weight excluding hydrogens is 669 g/mol. The van der Waals surface area contributed by atoms with Gasteiger partial charge in [-0.1, -0.05) is 0 Å². The first kappa shape index (κ1) is 36.9. The molecule has 0 rings (SSSR count). The summed E-state index contributed by atoms with van der Waals surface area (Å²) in [7, 11) is 0. The highest BCUT2D eigenvalue weighted by molar-refractivity contribution is 6.31. The first-order valence-corrected chi connectivity index (χ1v) is 8.27. The van der Waals surface area contributed by atoms with Gasteiger partial charge < -0.3 is 0 Å². The summed E-state index contributed by atoms with van der Waals surface area (Å²) in [4.78, 5) is 0. The van der Waals surface area contributed by atoms with E-state index in [9.17, 15) is 96.6 Å². The van der Waals surface area contributed by atoms with E-state index in [2.05, 4.69) is 23.2 Å². The van der Waals surface area contributed by atoms with E-state index in [0.29, 0.717) is 0 Å². The average Bonchev–Trinajstić information content (AvgIpc) is 2.55. The van der Waals surface area contributed by atoms with E-state index in [-0.39, 0.29) is 0 Å². The van der Waals surface area contributed by atoms with Gasteiger partial charge in [-0.2, -0.15) is 96.6 Å². The molecule has 0 saturated heterocycles. The van der Waals surface area contributed by atoms with Gasteiger partial charge in [-0.15, -0.1) is 0 Å². The van der Waals surface area contributed by atoms with Crippen molar-refractivity contribution in [1.29, 1.82) is 0 Å². The maximum atomic E-state index is 13.9. The predicted octanol–water partition coefficient (Wildman–Crippen LogP) is 8.16. The van der Waals surface area contributed by atoms with Crippen molar-refractivity contribution in [1.82, 2.24) is 0 Å². The first-order chi connectivity index (χ1) is 15.9. The Kier molecular flexibility index (Phi) is 9.23. The number of alkyl halides is 24. The Labute approximate surface area is 200 Å². The lowest BCUT2D eigenvalue weighted by molar-refractivity contribution is -0.575. The molecule has 0 aliphatic heterocycles. The van der Waals surface area contributed by atoms with Crippen LogP contribution in [0.1, 0.15) is 0 Å². The minimum absolute atomic E-state index is 1.04. The minimum atomic E-state index is -8.60. The minimum Gasteiger partial charge on any atom is -0.263 e. The number of rotatable bonds is 10. The second-order valence-electron chi connectivity index (χ2n) is 6.13. The van der Waals surface area contributed by atoms with E-state index >= 15 is 0 Å². The molecule has 0 N–H and O–H groups in total. The van der Waals surface area contributed by atoms with Gasteiger partial charge in [-0.05, 0) is 23.2 Å². The number of ether oxygens (including phenoxy) is 3. The summed E-state index contributed by atoms with van der Waals surface area (Å²) < 4.78 is 288. The summed E-state index contributed by atoms with van der Waals surface area (Å²) in [5.41, 5.74) is 0. The molecule has 0 aliphatic rings. The van der Waals surface area contributed by atoms with Crippen molar-refractivity contribution in [2.24, 2.45) is 0 Å². The summed E-state index contributed by atoms with van der Waals surface area (Å²) >= 11 is 7.42. The summed E-state index contributed by atoms with van der Waals surface area (Å²) in [5.74, 6) is -25.0. The third kappa shape index (κ3) is 6.29. The molecule has 0 fully saturated rings. The number of hydrogen-bond donors (Lipinski definition) is 0. The van der Waals surface area contributed by atoms with Crippen molar-refractivity contribution in [3.8, 4) is 0 Å². The van der Waals surface area contributed by atoms with Gasteiger partial charge in [0, 0.05) is 0 Å². The normalized spacial score (nSPS) is 20.5. The number of hydrogen-bond acceptors (Lipinski definition) is 3. The van der Waals surface area contributed by atoms with E-state index in [1.807, 2.05) is 0 Å². The fraction of sp³-hybridized carbons (Fsp3) is 1.00. The Balaban J connectivity index is 7.07. The van der Waals surface area contributed by atoms with Crippen LogP contribution < -0.4 is 0 Å². The lowest BCUT2D eigenvalue weighted by atomic mass is 10.2. The molecule has 0 aromatic carbocycles. The van der Waals surface area contributed by atoms with Gasteiger partial charge in [-0.25, -0.2) is 0 Å². The van der Waals surface area contributed by atoms with Crippen molar-refractivity contribution in [2.45, 2.75) is 65.2 Å². The Hall–Kier alpha value is -1.08. The number of halogens is 24. The second kappa shape index (κ2) is 9.49. The standard InChI is InChI=1S/C11Cl2F22O3/c12-4(18,19)5(13,20)38-11(34,35)3(17,8(27,28)29)37-10(32,33)2(16,7(24,25)26)36-9(30,31)1(14,15)6(21,22)23. The fourth-order valence-electron chi connectivity index (χ4n) is 1.50. The Morgan fingerprint density at radius 1 is 0.342 bits per heavy atom. The zero-order chi connectivity index (χ0) is 31.6. The smallest absolute Gasteiger partial charge is 0.263 e. The Morgan fingerprint density at radius 2 is 0.605 bits per heavy atom. The second-order valence-corrected chi connectivity index (χ2v) is 7.09. The van der Waals surface area contributed by atoms with Crippen LogP contribution in [0.4, 0.5) is 96.6 Å². The molecule has 230 valence electrons. The Bertz CT molecular complexity index is 841. The van der Waals surface area contributed by atoms with Crippen molar-refractivity contribution in [3.05, 3.63) is 0 Å². The molecule has 0 amide bonds. The van der Waals surface area contributed by atoms with Crippen LogP contribution in [0.2, 0.25) is 0 Å². The van der Waals surface area contributed by atoms with Crippen molar-refractivity contribution in [2.75, 3.05) is 0 Å². The van der Waals surface area contributed by atoms with Gasteiger partial charge in [-0.3, -0.25) is 14.2 Å². The molecule has 38 heavy (non-hydrogen) atoms. The maximum Gasteiger partial charge on any atom is 0.462 e. The first-order valence-electron chi connectivity index (χ1n) is 7.51. The molecule has 3 nitrogen and oxygen atoms in total. The largest absolute Gasteiger partial charge is 0.462 e. The summed E-state index contributed by atoms with van der Waals surface area (Å²) in [5, 5.41) is -12.6. The van der Waals surface area contributed by atoms with E-state index in [1.54, 1.807) is 4.74 Å². The summed E-state index contributed by atoms with van der Waals surface area (Å²) in [6.45, 7) is 0. The SMILES string of the molecule is FC(F)(F)C(F)(F)C(F)(F)OC(F)(C(F)(F)F)C(F)(F)OC(F)(C(F)(F)F)C(F)(F)OC(F)(Cl)C(F)(F)Cl. The Morgan fingerprint density at radius 3 is 0.842 bits per heavy atom. The molecule has 0 heterocycles. The van der Waals surface area contributed by atoms with E-state index in [1.165, 1.54) is 0 Å². The van der Waals surface area contributed by atoms with Gasteiger partial charge in [0.1, 0.15) is 0 Å². The molecule has 0 aromatic heterocycles. The lowest BCUT2D eigenvalue weighted by Gasteiger charge is -2.42. The molecule has 0 aliphatic carbocycles. The van der Waals surface area contributed by atoms with Crippen LogP contribution in [0.5, 0.6) is 0 Å². The fourth-order valence-corrected chi connectivity index (χ4v) is 1.63. The molecule has 0 aromatic rings. The van der Waals surface area contributed by atoms with Crippen LogP contribution in [-0.4, -0.2) is 65.2 Å². The van der Waals surface area contributed by atoms with Crippen LogP contribution in [-0.2, 0) is 14.2 Å². The van der Waals surface area contributed by atoms with E-state index in [4.69, 9.17) is 0 Å². The average molecular weight is 669 g/mol. The van der Waals surface area contributed by atoms with E-state index in [0.717, 1.165) is 9.47 Å². The van der Waals surface area contributed by atoms with Crippen LogP contribution in [0.3, 0.4) is 0 Å². The van der Waals surface area contributed by atoms with Gasteiger partial charge in [0.25, 0.3) is 0 Å². The molecule has 27 heteroatoms. The predicted molar refractivity (Wildman–Crippen MR) is 69.4 cm³/mol. The third-order valence-corrected chi connectivity index (χ3v) is 3.98. The van der Waals surface area contributed by atoms with Gasteiger partial charge in [0.05, 0.1) is 0 Å². The van der Waals surface area contributed by atoms with Crippen molar-refractivity contribution < 1.29 is 111 Å². The molecule has 0 saturated carbocycles. The van der Waals surface area contributed by atoms with Crippen LogP contribution >= 0.6 is 23.2 Å². The van der Waals surface area contributed by atoms with Crippen LogP contribution in [0.25, 0.3) is 0 Å². The molecule has 3 unspecified atom stereocenters. The molecule has 0 bridgehead atoms. The molecule has 0 radical (unpaired) electrons. The lowest BCUT2D eigenvalue weighted by Crippen LogP contribution is -2.70. The quantitative estimate of drug-likeness (QED) is 0.174. The van der Waals surface area contributed by atoms with Crippen LogP contribution in [0.15, 0.2) is 0 Å². The monoisotopic (exact) mass is 668 g/mol. The van der Waals surface area contributed by atoms with Crippen molar-refractivity contribution >= 4 is 23.2 Å².